The van der Waals surface area contributed by atoms with Gasteiger partial charge in [0.05, 0.1) is 21.0 Å². The van der Waals surface area contributed by atoms with Crippen LogP contribution < -0.4 is 5.73 Å². The van der Waals surface area contributed by atoms with Gasteiger partial charge in [-0.15, -0.1) is 0 Å². The van der Waals surface area contributed by atoms with Crippen LogP contribution in [-0.2, 0) is 9.84 Å². The first-order valence-electron chi connectivity index (χ1n) is 8.08. The fourth-order valence-electron chi connectivity index (χ4n) is 2.87. The van der Waals surface area contributed by atoms with Crippen molar-refractivity contribution < 1.29 is 8.42 Å². The van der Waals surface area contributed by atoms with E-state index in [9.17, 15) is 8.42 Å². The zero-order valence-corrected chi connectivity index (χ0v) is 17.0. The maximum absolute atomic E-state index is 12.7. The minimum Gasteiger partial charge on any atom is -0.368 e. The molecule has 5 nitrogen and oxygen atoms in total. The van der Waals surface area contributed by atoms with Crippen LogP contribution >= 0.6 is 22.6 Å². The van der Waals surface area contributed by atoms with Gasteiger partial charge in [-0.2, -0.15) is 0 Å². The number of nitrogens with two attached hydrogens (primary N) is 1. The summed E-state index contributed by atoms with van der Waals surface area (Å²) in [5.41, 5.74) is 8.07. The van der Waals surface area contributed by atoms with Crippen molar-refractivity contribution in [1.82, 2.24) is 9.97 Å². The molecule has 4 aromatic rings. The topological polar surface area (TPSA) is 85.9 Å². The molecule has 0 aliphatic heterocycles. The molecular weight excluding hydrogens is 473 g/mol. The summed E-state index contributed by atoms with van der Waals surface area (Å²) in [7, 11) is -3.55. The maximum Gasteiger partial charge on any atom is 0.221 e. The number of halogens is 1. The Morgan fingerprint density at radius 1 is 0.815 bits per heavy atom. The predicted molar refractivity (Wildman–Crippen MR) is 114 cm³/mol. The highest BCUT2D eigenvalue weighted by atomic mass is 127. The Hall–Kier alpha value is -2.52. The summed E-state index contributed by atoms with van der Waals surface area (Å²) < 4.78 is 26.5. The molecule has 0 spiro atoms. The number of hydrogen-bond acceptors (Lipinski definition) is 5. The Balaban J connectivity index is 1.82. The van der Waals surface area contributed by atoms with Crippen LogP contribution in [0.2, 0.25) is 0 Å². The van der Waals surface area contributed by atoms with Crippen molar-refractivity contribution in [3.63, 3.8) is 0 Å². The predicted octanol–water partition coefficient (Wildman–Crippen LogP) is 4.32. The van der Waals surface area contributed by atoms with E-state index in [2.05, 4.69) is 32.6 Å². The number of nitrogens with zero attached hydrogens (tertiary/aromatic N) is 2. The first-order valence-corrected chi connectivity index (χ1v) is 10.6. The smallest absolute Gasteiger partial charge is 0.221 e. The van der Waals surface area contributed by atoms with E-state index in [0.717, 1.165) is 20.0 Å². The average Bonchev–Trinajstić information content (AvgIpc) is 2.68. The van der Waals surface area contributed by atoms with Crippen LogP contribution in [0.15, 0.2) is 82.6 Å². The maximum atomic E-state index is 12.7. The SMILES string of the molecule is Nc1nc(-c2ccc(S(=O)(=O)c3ccccc3)cc2)c2cc(I)ccc2n1. The summed E-state index contributed by atoms with van der Waals surface area (Å²) in [6, 6.07) is 20.9. The van der Waals surface area contributed by atoms with Crippen LogP contribution in [0.5, 0.6) is 0 Å². The number of sulfone groups is 1. The van der Waals surface area contributed by atoms with Crippen LogP contribution in [0, 0.1) is 3.57 Å². The van der Waals surface area contributed by atoms with Gasteiger partial charge in [0, 0.05) is 14.5 Å². The minimum absolute atomic E-state index is 0.180. The Bertz CT molecular complexity index is 1240. The van der Waals surface area contributed by atoms with Gasteiger partial charge < -0.3 is 5.73 Å². The molecule has 0 unspecified atom stereocenters. The van der Waals surface area contributed by atoms with Gasteiger partial charge in [-0.3, -0.25) is 0 Å². The summed E-state index contributed by atoms with van der Waals surface area (Å²) in [4.78, 5) is 9.15. The molecule has 0 saturated heterocycles. The monoisotopic (exact) mass is 487 g/mol. The molecule has 0 amide bonds. The molecule has 0 aliphatic rings. The molecule has 1 aromatic heterocycles. The van der Waals surface area contributed by atoms with Gasteiger partial charge >= 0.3 is 0 Å². The quantitative estimate of drug-likeness (QED) is 0.436. The van der Waals surface area contributed by atoms with Crippen molar-refractivity contribution in [1.29, 1.82) is 0 Å². The van der Waals surface area contributed by atoms with Crippen LogP contribution in [0.4, 0.5) is 5.95 Å². The zero-order valence-electron chi connectivity index (χ0n) is 14.0. The van der Waals surface area contributed by atoms with Crippen LogP contribution in [0.25, 0.3) is 22.2 Å². The summed E-state index contributed by atoms with van der Waals surface area (Å²) in [6.07, 6.45) is 0. The number of anilines is 1. The molecule has 1 heterocycles. The van der Waals surface area contributed by atoms with Gasteiger partial charge in [0.2, 0.25) is 15.8 Å². The number of fused-ring (bicyclic) bond motifs is 1. The lowest BCUT2D eigenvalue weighted by molar-refractivity contribution is 0.596. The van der Waals surface area contributed by atoms with Crippen molar-refractivity contribution in [2.75, 3.05) is 5.73 Å². The normalized spacial score (nSPS) is 11.6. The van der Waals surface area contributed by atoms with E-state index in [4.69, 9.17) is 5.73 Å². The van der Waals surface area contributed by atoms with E-state index in [1.807, 2.05) is 18.2 Å². The van der Waals surface area contributed by atoms with Gasteiger partial charge in [-0.1, -0.05) is 30.3 Å². The Morgan fingerprint density at radius 3 is 2.19 bits per heavy atom. The van der Waals surface area contributed by atoms with Crippen LogP contribution in [0.1, 0.15) is 0 Å². The zero-order chi connectivity index (χ0) is 19.0. The second-order valence-electron chi connectivity index (χ2n) is 5.93. The van der Waals surface area contributed by atoms with Gasteiger partial charge in [-0.25, -0.2) is 18.4 Å². The van der Waals surface area contributed by atoms with Gasteiger partial charge in [0.25, 0.3) is 0 Å². The molecule has 4 rings (SSSR count). The second-order valence-corrected chi connectivity index (χ2v) is 9.13. The van der Waals surface area contributed by atoms with E-state index in [0.29, 0.717) is 5.69 Å². The summed E-state index contributed by atoms with van der Waals surface area (Å²) in [6.45, 7) is 0. The lowest BCUT2D eigenvalue weighted by Crippen LogP contribution is -2.02. The highest BCUT2D eigenvalue weighted by molar-refractivity contribution is 14.1. The largest absolute Gasteiger partial charge is 0.368 e. The number of benzene rings is 3. The number of aromatic nitrogens is 2. The molecule has 0 bridgehead atoms. The van der Waals surface area contributed by atoms with E-state index in [1.165, 1.54) is 0 Å². The first kappa shape index (κ1) is 17.9. The Labute approximate surface area is 170 Å². The molecule has 0 radical (unpaired) electrons. The summed E-state index contributed by atoms with van der Waals surface area (Å²) in [5.74, 6) is 0.180. The lowest BCUT2D eigenvalue weighted by atomic mass is 10.1. The minimum atomic E-state index is -3.55. The van der Waals surface area contributed by atoms with Crippen molar-refractivity contribution in [2.24, 2.45) is 0 Å². The lowest BCUT2D eigenvalue weighted by Gasteiger charge is -2.09. The highest BCUT2D eigenvalue weighted by Crippen LogP contribution is 2.30. The fraction of sp³-hybridized carbons (Fsp3) is 0. The first-order chi connectivity index (χ1) is 12.9. The van der Waals surface area contributed by atoms with Crippen molar-refractivity contribution in [2.45, 2.75) is 9.79 Å². The van der Waals surface area contributed by atoms with Gasteiger partial charge in [0.15, 0.2) is 0 Å². The number of nitrogen functional groups attached to an aromatic ring is 1. The third kappa shape index (κ3) is 3.40. The van der Waals surface area contributed by atoms with Gasteiger partial charge in [0.1, 0.15) is 0 Å². The van der Waals surface area contributed by atoms with E-state index in [1.54, 1.807) is 54.6 Å². The second kappa shape index (κ2) is 6.90. The van der Waals surface area contributed by atoms with Crippen molar-refractivity contribution in [3.8, 4) is 11.3 Å². The summed E-state index contributed by atoms with van der Waals surface area (Å²) in [5, 5.41) is 0.870. The highest BCUT2D eigenvalue weighted by Gasteiger charge is 2.17. The van der Waals surface area contributed by atoms with Crippen LogP contribution in [0.3, 0.4) is 0 Å². The number of hydrogen-bond donors (Lipinski definition) is 1. The molecular formula is C20H14IN3O2S. The summed E-state index contributed by atoms with van der Waals surface area (Å²) >= 11 is 2.23. The average molecular weight is 487 g/mol. The molecule has 7 heteroatoms. The molecule has 0 fully saturated rings. The molecule has 134 valence electrons. The molecule has 0 atom stereocenters. The van der Waals surface area contributed by atoms with Crippen molar-refractivity contribution >= 4 is 49.3 Å². The van der Waals surface area contributed by atoms with Crippen molar-refractivity contribution in [3.05, 3.63) is 76.4 Å². The molecule has 27 heavy (non-hydrogen) atoms. The standard InChI is InChI=1S/C20H14IN3O2S/c21-14-8-11-18-17(12-14)19(24-20(22)23-18)13-6-9-16(10-7-13)27(25,26)15-4-2-1-3-5-15/h1-12H,(H2,22,23,24). The van der Waals surface area contributed by atoms with E-state index < -0.39 is 9.84 Å². The fourth-order valence-corrected chi connectivity index (χ4v) is 4.64. The van der Waals surface area contributed by atoms with Gasteiger partial charge in [-0.05, 0) is 65.1 Å². The van der Waals surface area contributed by atoms with Crippen LogP contribution in [-0.4, -0.2) is 18.4 Å². The number of rotatable bonds is 3. The third-order valence-corrected chi connectivity index (χ3v) is 6.62. The molecule has 2 N–H and O–H groups in total. The third-order valence-electron chi connectivity index (χ3n) is 4.17. The molecule has 3 aromatic carbocycles. The molecule has 0 saturated carbocycles. The van der Waals surface area contributed by atoms with E-state index >= 15 is 0 Å². The molecule has 0 aliphatic carbocycles. The Morgan fingerprint density at radius 2 is 1.48 bits per heavy atom. The van der Waals surface area contributed by atoms with E-state index in [-0.39, 0.29) is 15.7 Å². The Kier molecular flexibility index (Phi) is 4.56.